The van der Waals surface area contributed by atoms with E-state index in [0.29, 0.717) is 48.3 Å². The van der Waals surface area contributed by atoms with Crippen molar-refractivity contribution in [3.8, 4) is 0 Å². The fourth-order valence-corrected chi connectivity index (χ4v) is 11.9. The molecular weight excluding hydrogens is 620 g/mol. The monoisotopic (exact) mass is 699 g/mol. The molecule has 0 heterocycles. The molecule has 0 aliphatic heterocycles. The maximum absolute atomic E-state index is 12.8. The minimum atomic E-state index is -0.711. The maximum atomic E-state index is 12.8. The summed E-state index contributed by atoms with van der Waals surface area (Å²) in [5.41, 5.74) is 0.115. The summed E-state index contributed by atoms with van der Waals surface area (Å²) in [5, 5.41) is 21.1. The SMILES string of the molecule is CCCCCCCCC/C=C\CCCCCCCCCC(=O)OC1CCC2(C)C(CCC3C2CC(O)C2(C)C(C(C)CCC(=O)O)CCC32)C1. The summed E-state index contributed by atoms with van der Waals surface area (Å²) in [4.78, 5) is 24.1. The van der Waals surface area contributed by atoms with Gasteiger partial charge in [0.05, 0.1) is 6.10 Å². The van der Waals surface area contributed by atoms with E-state index in [1.807, 2.05) is 0 Å². The predicted molar refractivity (Wildman–Crippen MR) is 206 cm³/mol. The number of esters is 1. The van der Waals surface area contributed by atoms with Gasteiger partial charge in [-0.3, -0.25) is 9.59 Å². The Bertz CT molecular complexity index is 1040. The van der Waals surface area contributed by atoms with Gasteiger partial charge in [0.2, 0.25) is 0 Å². The standard InChI is InChI=1S/C45H78O5/c1-5-6-7-8-9-10-11-12-13-14-15-16-17-18-19-20-21-22-23-43(49)50-36-30-31-44(3)35(32-36)25-26-37-39-28-27-38(34(2)24-29-42(47)48)45(39,4)41(46)33-40(37)44/h13-14,34-41,46H,5-12,15-33H2,1-4H3,(H,47,48)/b14-13-. The highest BCUT2D eigenvalue weighted by atomic mass is 16.5. The van der Waals surface area contributed by atoms with E-state index in [0.717, 1.165) is 44.9 Å². The molecule has 0 amide bonds. The van der Waals surface area contributed by atoms with Gasteiger partial charge >= 0.3 is 11.9 Å². The molecule has 4 aliphatic carbocycles. The van der Waals surface area contributed by atoms with Gasteiger partial charge in [-0.2, -0.15) is 0 Å². The number of aliphatic carboxylic acids is 1. The van der Waals surface area contributed by atoms with Crippen molar-refractivity contribution in [2.75, 3.05) is 0 Å². The number of carboxylic acid groups (broad SMARTS) is 1. The first-order valence-corrected chi connectivity index (χ1v) is 21.9. The molecule has 4 fully saturated rings. The van der Waals surface area contributed by atoms with Crippen molar-refractivity contribution in [1.82, 2.24) is 0 Å². The largest absolute Gasteiger partial charge is 0.481 e. The highest BCUT2D eigenvalue weighted by Crippen LogP contribution is 2.68. The van der Waals surface area contributed by atoms with Crippen molar-refractivity contribution in [3.05, 3.63) is 12.2 Å². The van der Waals surface area contributed by atoms with E-state index in [1.54, 1.807) is 0 Å². The van der Waals surface area contributed by atoms with Crippen LogP contribution in [-0.2, 0) is 14.3 Å². The Hall–Kier alpha value is -1.36. The highest BCUT2D eigenvalue weighted by molar-refractivity contribution is 5.69. The first-order chi connectivity index (χ1) is 24.1. The van der Waals surface area contributed by atoms with Crippen molar-refractivity contribution in [2.45, 2.75) is 213 Å². The van der Waals surface area contributed by atoms with Crippen molar-refractivity contribution < 1.29 is 24.5 Å². The second-order valence-corrected chi connectivity index (χ2v) is 18.1. The molecule has 4 rings (SSSR count). The molecule has 0 aromatic carbocycles. The van der Waals surface area contributed by atoms with Crippen LogP contribution in [0.15, 0.2) is 12.2 Å². The molecule has 2 N–H and O–H groups in total. The number of rotatable bonds is 23. The van der Waals surface area contributed by atoms with E-state index in [4.69, 9.17) is 4.74 Å². The molecule has 4 aliphatic rings. The van der Waals surface area contributed by atoms with Gasteiger partial charge in [0.1, 0.15) is 6.10 Å². The van der Waals surface area contributed by atoms with Crippen LogP contribution >= 0.6 is 0 Å². The van der Waals surface area contributed by atoms with Gasteiger partial charge in [-0.25, -0.2) is 0 Å². The summed E-state index contributed by atoms with van der Waals surface area (Å²) in [6.45, 7) is 9.35. The zero-order valence-corrected chi connectivity index (χ0v) is 33.0. The number of unbranched alkanes of at least 4 members (excludes halogenated alkanes) is 14. The van der Waals surface area contributed by atoms with Crippen molar-refractivity contribution >= 4 is 11.9 Å². The van der Waals surface area contributed by atoms with Gasteiger partial charge in [-0.1, -0.05) is 110 Å². The van der Waals surface area contributed by atoms with Crippen LogP contribution < -0.4 is 0 Å². The Kier molecular flexibility index (Phi) is 17.2. The Morgan fingerprint density at radius 1 is 0.760 bits per heavy atom. The average Bonchev–Trinajstić information content (AvgIpc) is 3.46. The van der Waals surface area contributed by atoms with Crippen LogP contribution in [0, 0.1) is 46.3 Å². The molecule has 0 aromatic heterocycles. The molecule has 5 nitrogen and oxygen atoms in total. The number of aliphatic hydroxyl groups excluding tert-OH is 1. The van der Waals surface area contributed by atoms with E-state index in [9.17, 15) is 19.8 Å². The highest BCUT2D eigenvalue weighted by Gasteiger charge is 2.63. The van der Waals surface area contributed by atoms with Crippen LogP contribution in [0.5, 0.6) is 0 Å². The molecule has 5 heteroatoms. The van der Waals surface area contributed by atoms with Crippen molar-refractivity contribution in [3.63, 3.8) is 0 Å². The third-order valence-corrected chi connectivity index (χ3v) is 15.0. The molecule has 10 unspecified atom stereocenters. The molecule has 0 saturated heterocycles. The molecule has 50 heavy (non-hydrogen) atoms. The minimum Gasteiger partial charge on any atom is -0.481 e. The van der Waals surface area contributed by atoms with Crippen LogP contribution in [-0.4, -0.2) is 34.4 Å². The molecule has 288 valence electrons. The van der Waals surface area contributed by atoms with Gasteiger partial charge in [0.25, 0.3) is 0 Å². The lowest BCUT2D eigenvalue weighted by atomic mass is 9.43. The number of carbonyl (C=O) groups excluding carboxylic acids is 1. The number of ether oxygens (including phenoxy) is 1. The summed E-state index contributed by atoms with van der Waals surface area (Å²) in [6, 6.07) is 0. The van der Waals surface area contributed by atoms with E-state index in [-0.39, 0.29) is 35.4 Å². The quantitative estimate of drug-likeness (QED) is 0.0630. The van der Waals surface area contributed by atoms with E-state index in [2.05, 4.69) is 39.8 Å². The van der Waals surface area contributed by atoms with E-state index < -0.39 is 5.97 Å². The second kappa shape index (κ2) is 20.8. The first kappa shape index (κ1) is 41.4. The Morgan fingerprint density at radius 2 is 1.38 bits per heavy atom. The lowest BCUT2D eigenvalue weighted by Gasteiger charge is -2.62. The summed E-state index contributed by atoms with van der Waals surface area (Å²) < 4.78 is 6.10. The maximum Gasteiger partial charge on any atom is 0.306 e. The Balaban J connectivity index is 1.07. The summed E-state index contributed by atoms with van der Waals surface area (Å²) in [5.74, 6) is 2.33. The summed E-state index contributed by atoms with van der Waals surface area (Å²) in [6.07, 6.45) is 35.4. The molecule has 0 bridgehead atoms. The molecule has 4 saturated carbocycles. The van der Waals surface area contributed by atoms with Gasteiger partial charge in [0, 0.05) is 12.8 Å². The van der Waals surface area contributed by atoms with Crippen LogP contribution in [0.4, 0.5) is 0 Å². The van der Waals surface area contributed by atoms with Crippen LogP contribution in [0.25, 0.3) is 0 Å². The lowest BCUT2D eigenvalue weighted by molar-refractivity contribution is -0.181. The van der Waals surface area contributed by atoms with Gasteiger partial charge in [-0.15, -0.1) is 0 Å². The van der Waals surface area contributed by atoms with Gasteiger partial charge in [0.15, 0.2) is 0 Å². The Labute approximate surface area is 307 Å². The zero-order chi connectivity index (χ0) is 36.0. The molecule has 0 spiro atoms. The van der Waals surface area contributed by atoms with Gasteiger partial charge in [-0.05, 0) is 136 Å². The number of carbonyl (C=O) groups is 2. The van der Waals surface area contributed by atoms with Gasteiger partial charge < -0.3 is 14.9 Å². The van der Waals surface area contributed by atoms with Crippen LogP contribution in [0.3, 0.4) is 0 Å². The molecular formula is C45H78O5. The van der Waals surface area contributed by atoms with Crippen molar-refractivity contribution in [1.29, 1.82) is 0 Å². The number of hydrogen-bond donors (Lipinski definition) is 2. The molecule has 10 atom stereocenters. The number of aliphatic hydroxyl groups is 1. The van der Waals surface area contributed by atoms with E-state index >= 15 is 0 Å². The van der Waals surface area contributed by atoms with Crippen LogP contribution in [0.1, 0.15) is 201 Å². The average molecular weight is 699 g/mol. The van der Waals surface area contributed by atoms with Crippen LogP contribution in [0.2, 0.25) is 0 Å². The molecule has 0 radical (unpaired) electrons. The summed E-state index contributed by atoms with van der Waals surface area (Å²) in [7, 11) is 0. The topological polar surface area (TPSA) is 83.8 Å². The minimum absolute atomic E-state index is 0.00781. The predicted octanol–water partition coefficient (Wildman–Crippen LogP) is 12.2. The summed E-state index contributed by atoms with van der Waals surface area (Å²) >= 11 is 0. The third-order valence-electron chi connectivity index (χ3n) is 15.0. The molecule has 0 aromatic rings. The lowest BCUT2D eigenvalue weighted by Crippen LogP contribution is -2.59. The fourth-order valence-electron chi connectivity index (χ4n) is 11.9. The van der Waals surface area contributed by atoms with E-state index in [1.165, 1.54) is 109 Å². The fraction of sp³-hybridized carbons (Fsp3) is 0.911. The zero-order valence-electron chi connectivity index (χ0n) is 33.0. The number of carboxylic acids is 1. The smallest absolute Gasteiger partial charge is 0.306 e. The number of fused-ring (bicyclic) bond motifs is 5. The Morgan fingerprint density at radius 3 is 2.02 bits per heavy atom. The first-order valence-electron chi connectivity index (χ1n) is 21.9. The number of hydrogen-bond acceptors (Lipinski definition) is 4. The third kappa shape index (κ3) is 11.1. The second-order valence-electron chi connectivity index (χ2n) is 18.1. The van der Waals surface area contributed by atoms with Crippen molar-refractivity contribution in [2.24, 2.45) is 46.3 Å². The number of allylic oxidation sites excluding steroid dienone is 2. The normalized spacial score (nSPS) is 34.2.